The number of nitrogens with zero attached hydrogens (tertiary/aromatic N) is 1. The highest BCUT2D eigenvalue weighted by atomic mass is 16.2. The zero-order valence-corrected chi connectivity index (χ0v) is 20.2. The maximum Gasteiger partial charge on any atom is 0.226 e. The lowest BCUT2D eigenvalue weighted by Gasteiger charge is -2.23. The van der Waals surface area contributed by atoms with Crippen LogP contribution in [-0.4, -0.2) is 16.6 Å². The van der Waals surface area contributed by atoms with Gasteiger partial charge in [0.2, 0.25) is 5.91 Å². The molecule has 166 valence electrons. The second-order valence-electron chi connectivity index (χ2n) is 7.82. The maximum absolute atomic E-state index is 12.4. The van der Waals surface area contributed by atoms with Crippen molar-refractivity contribution in [2.24, 2.45) is 0 Å². The van der Waals surface area contributed by atoms with Crippen molar-refractivity contribution < 1.29 is 9.59 Å². The molecule has 1 amide bonds. The molecule has 0 spiro atoms. The number of rotatable bonds is 10. The first-order valence-electron chi connectivity index (χ1n) is 10.9. The summed E-state index contributed by atoms with van der Waals surface area (Å²) in [6.07, 6.45) is 11.5. The summed E-state index contributed by atoms with van der Waals surface area (Å²) in [5.74, 6) is 0.0466. The van der Waals surface area contributed by atoms with Gasteiger partial charge in [-0.05, 0) is 63.8 Å². The first-order chi connectivity index (χ1) is 14.6. The van der Waals surface area contributed by atoms with Crippen molar-refractivity contribution in [2.75, 3.05) is 0 Å². The second-order valence-corrected chi connectivity index (χ2v) is 7.82. The molecule has 0 aliphatic carbocycles. The molecular weight excluding hydrogens is 382 g/mol. The first kappa shape index (κ1) is 26.1. The zero-order valence-electron chi connectivity index (χ0n) is 20.2. The van der Waals surface area contributed by atoms with E-state index in [1.807, 2.05) is 64.1 Å². The van der Waals surface area contributed by atoms with Crippen molar-refractivity contribution in [1.82, 2.24) is 4.90 Å². The van der Waals surface area contributed by atoms with Gasteiger partial charge in [0.25, 0.3) is 0 Å². The fraction of sp³-hybridized carbons (Fsp3) is 0.357. The van der Waals surface area contributed by atoms with Gasteiger partial charge in [-0.1, -0.05) is 74.1 Å². The van der Waals surface area contributed by atoms with Crippen LogP contribution in [0.1, 0.15) is 71.1 Å². The summed E-state index contributed by atoms with van der Waals surface area (Å²) in [6, 6.07) is 6.01. The maximum atomic E-state index is 12.4. The number of hydrogen-bond donors (Lipinski definition) is 0. The third-order valence-corrected chi connectivity index (χ3v) is 5.19. The number of aryl methyl sites for hydroxylation is 1. The SMILES string of the molecule is C=C(C)N(Cc1ccc(C)c(/C(=C/C=C\C(C)=C\C(=C/C)CC)C(C)=O)c1)C(=O)CC. The predicted molar refractivity (Wildman–Crippen MR) is 132 cm³/mol. The molecule has 3 heteroatoms. The molecule has 0 bridgehead atoms. The molecule has 0 fully saturated rings. The molecule has 0 saturated heterocycles. The van der Waals surface area contributed by atoms with Gasteiger partial charge >= 0.3 is 0 Å². The Labute approximate surface area is 188 Å². The van der Waals surface area contributed by atoms with E-state index in [1.165, 1.54) is 5.57 Å². The van der Waals surface area contributed by atoms with Crippen molar-refractivity contribution in [3.8, 4) is 0 Å². The van der Waals surface area contributed by atoms with E-state index in [0.29, 0.717) is 24.2 Å². The predicted octanol–water partition coefficient (Wildman–Crippen LogP) is 7.10. The normalized spacial score (nSPS) is 12.9. The van der Waals surface area contributed by atoms with E-state index in [0.717, 1.165) is 28.7 Å². The summed E-state index contributed by atoms with van der Waals surface area (Å²) >= 11 is 0. The van der Waals surface area contributed by atoms with E-state index in [4.69, 9.17) is 0 Å². The van der Waals surface area contributed by atoms with Gasteiger partial charge in [0, 0.05) is 17.7 Å². The number of benzene rings is 1. The van der Waals surface area contributed by atoms with Gasteiger partial charge in [-0.2, -0.15) is 0 Å². The largest absolute Gasteiger partial charge is 0.313 e. The van der Waals surface area contributed by atoms with Crippen LogP contribution >= 0.6 is 0 Å². The lowest BCUT2D eigenvalue weighted by Crippen LogP contribution is -2.27. The molecule has 0 N–H and O–H groups in total. The topological polar surface area (TPSA) is 37.4 Å². The first-order valence-corrected chi connectivity index (χ1v) is 10.9. The lowest BCUT2D eigenvalue weighted by atomic mass is 9.95. The van der Waals surface area contributed by atoms with E-state index in [1.54, 1.807) is 11.8 Å². The molecule has 0 aromatic heterocycles. The van der Waals surface area contributed by atoms with Gasteiger partial charge in [-0.15, -0.1) is 0 Å². The molecule has 0 heterocycles. The smallest absolute Gasteiger partial charge is 0.226 e. The molecule has 31 heavy (non-hydrogen) atoms. The van der Waals surface area contributed by atoms with Crippen molar-refractivity contribution >= 4 is 17.3 Å². The highest BCUT2D eigenvalue weighted by Crippen LogP contribution is 2.23. The summed E-state index contributed by atoms with van der Waals surface area (Å²) in [4.78, 5) is 26.4. The van der Waals surface area contributed by atoms with Gasteiger partial charge in [-0.25, -0.2) is 0 Å². The molecule has 0 unspecified atom stereocenters. The van der Waals surface area contributed by atoms with Crippen LogP contribution in [0, 0.1) is 6.92 Å². The third kappa shape index (κ3) is 8.01. The van der Waals surface area contributed by atoms with Crippen molar-refractivity contribution in [2.45, 2.75) is 67.9 Å². The van der Waals surface area contributed by atoms with Crippen LogP contribution in [0.4, 0.5) is 0 Å². The fourth-order valence-electron chi connectivity index (χ4n) is 3.29. The Morgan fingerprint density at radius 1 is 1.10 bits per heavy atom. The van der Waals surface area contributed by atoms with Gasteiger partial charge in [0.15, 0.2) is 5.78 Å². The molecular formula is C28H37NO2. The average Bonchev–Trinajstić information content (AvgIpc) is 2.73. The van der Waals surface area contributed by atoms with Crippen LogP contribution in [0.3, 0.4) is 0 Å². The van der Waals surface area contributed by atoms with Gasteiger partial charge < -0.3 is 4.90 Å². The van der Waals surface area contributed by atoms with E-state index in [9.17, 15) is 9.59 Å². The molecule has 3 nitrogen and oxygen atoms in total. The number of ketones is 1. The summed E-state index contributed by atoms with van der Waals surface area (Å²) in [7, 11) is 0. The Hall–Kier alpha value is -2.94. The second kappa shape index (κ2) is 12.7. The number of carbonyl (C=O) groups is 2. The molecule has 0 atom stereocenters. The van der Waals surface area contributed by atoms with Crippen LogP contribution < -0.4 is 0 Å². The third-order valence-electron chi connectivity index (χ3n) is 5.19. The Balaban J connectivity index is 3.29. The van der Waals surface area contributed by atoms with Crippen molar-refractivity contribution in [1.29, 1.82) is 0 Å². The van der Waals surface area contributed by atoms with E-state index in [2.05, 4.69) is 32.6 Å². The van der Waals surface area contributed by atoms with E-state index >= 15 is 0 Å². The van der Waals surface area contributed by atoms with Crippen LogP contribution in [0.2, 0.25) is 0 Å². The molecule has 0 radical (unpaired) electrons. The highest BCUT2D eigenvalue weighted by Gasteiger charge is 2.15. The minimum Gasteiger partial charge on any atom is -0.313 e. The summed E-state index contributed by atoms with van der Waals surface area (Å²) < 4.78 is 0. The van der Waals surface area contributed by atoms with Gasteiger partial charge in [0.1, 0.15) is 0 Å². The van der Waals surface area contributed by atoms with Gasteiger partial charge in [-0.3, -0.25) is 9.59 Å². The zero-order chi connectivity index (χ0) is 23.6. The number of hydrogen-bond acceptors (Lipinski definition) is 2. The Kier molecular flexibility index (Phi) is 10.7. The summed E-state index contributed by atoms with van der Waals surface area (Å²) in [6.45, 7) is 17.9. The van der Waals surface area contributed by atoms with Crippen LogP contribution in [-0.2, 0) is 16.1 Å². The Morgan fingerprint density at radius 3 is 2.29 bits per heavy atom. The number of amides is 1. The van der Waals surface area contributed by atoms with Crippen LogP contribution in [0.5, 0.6) is 0 Å². The standard InChI is InChI=1S/C28H37NO2/c1-9-24(10-2)17-21(6)13-12-14-26(23(8)30)27-18-25(16-15-22(27)7)19-29(20(4)5)28(31)11-3/h9,12-18H,4,10-11,19H2,1-3,5-8H3/b13-12-,21-17+,24-9-,26-14+. The summed E-state index contributed by atoms with van der Waals surface area (Å²) in [5, 5.41) is 0. The number of allylic oxidation sites excluding steroid dienone is 9. The highest BCUT2D eigenvalue weighted by molar-refractivity contribution is 6.20. The van der Waals surface area contributed by atoms with Crippen LogP contribution in [0.15, 0.2) is 72.0 Å². The molecule has 0 aliphatic heterocycles. The lowest BCUT2D eigenvalue weighted by molar-refractivity contribution is -0.129. The molecule has 1 aromatic rings. The average molecular weight is 420 g/mol. The van der Waals surface area contributed by atoms with E-state index in [-0.39, 0.29) is 11.7 Å². The van der Waals surface area contributed by atoms with Crippen LogP contribution in [0.25, 0.3) is 5.57 Å². The monoisotopic (exact) mass is 419 g/mol. The summed E-state index contributed by atoms with van der Waals surface area (Å²) in [5.41, 5.74) is 6.68. The van der Waals surface area contributed by atoms with Crippen molar-refractivity contribution in [3.05, 3.63) is 88.7 Å². The number of carbonyl (C=O) groups excluding carboxylic acids is 2. The molecule has 1 rings (SSSR count). The Bertz CT molecular complexity index is 942. The van der Waals surface area contributed by atoms with E-state index < -0.39 is 0 Å². The molecule has 1 aromatic carbocycles. The fourth-order valence-corrected chi connectivity index (χ4v) is 3.29. The minimum atomic E-state index is 0.00984. The molecule has 0 aliphatic rings. The molecule has 0 saturated carbocycles. The van der Waals surface area contributed by atoms with Gasteiger partial charge in [0.05, 0.1) is 6.54 Å². The quantitative estimate of drug-likeness (QED) is 0.300. The Morgan fingerprint density at radius 2 is 1.77 bits per heavy atom. The minimum absolute atomic E-state index is 0.00984. The number of Topliss-reactive ketones (excluding diaryl/α,β-unsaturated/α-hetero) is 1. The van der Waals surface area contributed by atoms with Crippen molar-refractivity contribution in [3.63, 3.8) is 0 Å².